The Balaban J connectivity index is 2.10. The van der Waals surface area contributed by atoms with Crippen LogP contribution in [0, 0.1) is 0 Å². The van der Waals surface area contributed by atoms with E-state index in [1.807, 2.05) is 23.6 Å². The molecule has 0 fully saturated rings. The summed E-state index contributed by atoms with van der Waals surface area (Å²) < 4.78 is 5.45. The largest absolute Gasteiger partial charge is 0.487 e. The van der Waals surface area contributed by atoms with Gasteiger partial charge in [0.2, 0.25) is 0 Å². The van der Waals surface area contributed by atoms with Crippen LogP contribution in [0.3, 0.4) is 0 Å². The zero-order valence-electron chi connectivity index (χ0n) is 12.4. The van der Waals surface area contributed by atoms with E-state index < -0.39 is 5.97 Å². The summed E-state index contributed by atoms with van der Waals surface area (Å²) in [6.45, 7) is -0.113. The van der Waals surface area contributed by atoms with E-state index in [2.05, 4.69) is 0 Å². The second-order valence-electron chi connectivity index (χ2n) is 4.79. The van der Waals surface area contributed by atoms with E-state index in [1.165, 1.54) is 0 Å². The minimum Gasteiger partial charge on any atom is -0.487 e. The molecule has 0 bridgehead atoms. The van der Waals surface area contributed by atoms with Crippen molar-refractivity contribution in [3.05, 3.63) is 63.9 Å². The Morgan fingerprint density at radius 1 is 1.08 bits per heavy atom. The number of halogens is 2. The lowest BCUT2D eigenvalue weighted by Crippen LogP contribution is -2.31. The van der Waals surface area contributed by atoms with Crippen molar-refractivity contribution >= 4 is 29.2 Å². The number of carboxylic acid groups (broad SMARTS) is 1. The van der Waals surface area contributed by atoms with Crippen molar-refractivity contribution in [2.75, 3.05) is 6.61 Å². The third kappa shape index (κ3) is 4.32. The van der Waals surface area contributed by atoms with Crippen molar-refractivity contribution in [3.63, 3.8) is 0 Å². The van der Waals surface area contributed by atoms with E-state index in [0.717, 1.165) is 11.1 Å². The van der Waals surface area contributed by atoms with Gasteiger partial charge in [0, 0.05) is 0 Å². The van der Waals surface area contributed by atoms with Crippen LogP contribution < -0.4 is 21.7 Å². The van der Waals surface area contributed by atoms with E-state index >= 15 is 0 Å². The van der Waals surface area contributed by atoms with Crippen LogP contribution in [0.1, 0.15) is 0 Å². The number of hydrogen-bond donors (Lipinski definition) is 4. The standard InChI is InChI=1S/C16H15Cl2N3O3/c17-12-6-3-10(7-13(12)18)9-1-4-11(5-2-9)24-8-14(19)15(21-20)16(22)23/h1-7,21H,8,19-20H2,(H,22,23)/b15-14-. The van der Waals surface area contributed by atoms with Crippen LogP contribution in [0.4, 0.5) is 0 Å². The highest BCUT2D eigenvalue weighted by Crippen LogP contribution is 2.29. The summed E-state index contributed by atoms with van der Waals surface area (Å²) in [7, 11) is 0. The molecule has 0 atom stereocenters. The Morgan fingerprint density at radius 3 is 2.25 bits per heavy atom. The first-order valence-corrected chi connectivity index (χ1v) is 7.54. The molecule has 0 spiro atoms. The molecule has 0 saturated heterocycles. The minimum atomic E-state index is -1.26. The van der Waals surface area contributed by atoms with Gasteiger partial charge in [-0.2, -0.15) is 0 Å². The minimum absolute atomic E-state index is 0.0152. The SMILES string of the molecule is NN/C(C(=O)O)=C(\N)COc1ccc(-c2ccc(Cl)c(Cl)c2)cc1. The Kier molecular flexibility index (Phi) is 5.92. The van der Waals surface area contributed by atoms with Crippen LogP contribution >= 0.6 is 23.2 Å². The van der Waals surface area contributed by atoms with Gasteiger partial charge in [-0.25, -0.2) is 4.79 Å². The molecule has 0 unspecified atom stereocenters. The number of carbonyl (C=O) groups is 1. The van der Waals surface area contributed by atoms with E-state index in [4.69, 9.17) is 44.6 Å². The summed E-state index contributed by atoms with van der Waals surface area (Å²) in [6.07, 6.45) is 0. The van der Waals surface area contributed by atoms with Gasteiger partial charge in [-0.05, 0) is 35.4 Å². The van der Waals surface area contributed by atoms with E-state index in [9.17, 15) is 4.79 Å². The molecule has 0 heterocycles. The highest BCUT2D eigenvalue weighted by molar-refractivity contribution is 6.42. The zero-order valence-corrected chi connectivity index (χ0v) is 13.9. The number of carboxylic acids is 1. The third-order valence-electron chi connectivity index (χ3n) is 3.18. The molecule has 0 radical (unpaired) electrons. The summed E-state index contributed by atoms with van der Waals surface area (Å²) in [5.74, 6) is 4.38. The average Bonchev–Trinajstić information content (AvgIpc) is 2.56. The van der Waals surface area contributed by atoms with Crippen molar-refractivity contribution < 1.29 is 14.6 Å². The summed E-state index contributed by atoms with van der Waals surface area (Å²) in [5, 5.41) is 9.86. The molecule has 0 saturated carbocycles. The Labute approximate surface area is 148 Å². The van der Waals surface area contributed by atoms with Crippen LogP contribution in [0.2, 0.25) is 10.0 Å². The first-order valence-electron chi connectivity index (χ1n) is 6.79. The maximum absolute atomic E-state index is 10.9. The van der Waals surface area contributed by atoms with Gasteiger partial charge >= 0.3 is 5.97 Å². The predicted octanol–water partition coefficient (Wildman–Crippen LogP) is 2.76. The van der Waals surface area contributed by atoms with Gasteiger partial charge < -0.3 is 21.0 Å². The van der Waals surface area contributed by atoms with Crippen molar-refractivity contribution in [2.24, 2.45) is 11.6 Å². The number of ether oxygens (including phenoxy) is 1. The Bertz CT molecular complexity index is 777. The maximum atomic E-state index is 10.9. The molecule has 0 aliphatic heterocycles. The highest BCUT2D eigenvalue weighted by atomic mass is 35.5. The van der Waals surface area contributed by atoms with Gasteiger partial charge in [0.05, 0.1) is 15.7 Å². The molecule has 0 aliphatic carbocycles. The molecule has 6 N–H and O–H groups in total. The fourth-order valence-corrected chi connectivity index (χ4v) is 2.24. The number of nitrogens with one attached hydrogen (secondary N) is 1. The second-order valence-corrected chi connectivity index (χ2v) is 5.61. The van der Waals surface area contributed by atoms with Crippen LogP contribution in [-0.2, 0) is 4.79 Å². The summed E-state index contributed by atoms with van der Waals surface area (Å²) in [5.41, 5.74) is 9.19. The Morgan fingerprint density at radius 2 is 1.71 bits per heavy atom. The fourth-order valence-electron chi connectivity index (χ4n) is 1.94. The summed E-state index contributed by atoms with van der Waals surface area (Å²) >= 11 is 11.9. The van der Waals surface area contributed by atoms with Crippen molar-refractivity contribution in [2.45, 2.75) is 0 Å². The molecule has 8 heteroatoms. The quantitative estimate of drug-likeness (QED) is 0.355. The molecule has 24 heavy (non-hydrogen) atoms. The number of rotatable bonds is 6. The molecule has 126 valence electrons. The number of hydrazine groups is 1. The summed E-state index contributed by atoms with van der Waals surface area (Å²) in [4.78, 5) is 10.9. The van der Waals surface area contributed by atoms with Crippen molar-refractivity contribution in [1.29, 1.82) is 0 Å². The molecule has 0 aliphatic rings. The first kappa shape index (κ1) is 17.9. The van der Waals surface area contributed by atoms with Gasteiger partial charge in [0.1, 0.15) is 12.4 Å². The monoisotopic (exact) mass is 367 g/mol. The molecule has 0 amide bonds. The lowest BCUT2D eigenvalue weighted by molar-refractivity contribution is -0.133. The van der Waals surface area contributed by atoms with Crippen LogP contribution in [-0.4, -0.2) is 17.7 Å². The normalized spacial score (nSPS) is 11.6. The third-order valence-corrected chi connectivity index (χ3v) is 3.92. The van der Waals surface area contributed by atoms with Gasteiger partial charge in [-0.3, -0.25) is 5.84 Å². The molecule has 6 nitrogen and oxygen atoms in total. The fraction of sp³-hybridized carbons (Fsp3) is 0.0625. The van der Waals surface area contributed by atoms with Gasteiger partial charge in [0.25, 0.3) is 0 Å². The molecule has 2 aromatic carbocycles. The average molecular weight is 368 g/mol. The Hall–Kier alpha value is -2.41. The molecule has 2 rings (SSSR count). The molecule has 0 aromatic heterocycles. The summed E-state index contributed by atoms with van der Waals surface area (Å²) in [6, 6.07) is 12.5. The number of benzene rings is 2. The number of nitrogens with two attached hydrogens (primary N) is 2. The predicted molar refractivity (Wildman–Crippen MR) is 93.6 cm³/mol. The van der Waals surface area contributed by atoms with Crippen LogP contribution in [0.25, 0.3) is 11.1 Å². The lowest BCUT2D eigenvalue weighted by Gasteiger charge is -2.10. The molecule has 2 aromatic rings. The van der Waals surface area contributed by atoms with Gasteiger partial charge in [-0.1, -0.05) is 41.4 Å². The maximum Gasteiger partial charge on any atom is 0.355 e. The highest BCUT2D eigenvalue weighted by Gasteiger charge is 2.11. The van der Waals surface area contributed by atoms with E-state index in [1.54, 1.807) is 24.3 Å². The van der Waals surface area contributed by atoms with Crippen molar-refractivity contribution in [1.82, 2.24) is 5.43 Å². The van der Waals surface area contributed by atoms with Crippen LogP contribution in [0.15, 0.2) is 53.9 Å². The first-order chi connectivity index (χ1) is 11.4. The van der Waals surface area contributed by atoms with Crippen LogP contribution in [0.5, 0.6) is 5.75 Å². The van der Waals surface area contributed by atoms with Gasteiger partial charge in [-0.15, -0.1) is 0 Å². The molecular weight excluding hydrogens is 353 g/mol. The van der Waals surface area contributed by atoms with E-state index in [0.29, 0.717) is 15.8 Å². The second kappa shape index (κ2) is 7.92. The smallest absolute Gasteiger partial charge is 0.355 e. The van der Waals surface area contributed by atoms with E-state index in [-0.39, 0.29) is 18.0 Å². The van der Waals surface area contributed by atoms with Crippen molar-refractivity contribution in [3.8, 4) is 16.9 Å². The lowest BCUT2D eigenvalue weighted by atomic mass is 10.1. The number of aliphatic carboxylic acids is 1. The molecular formula is C16H15Cl2N3O3. The van der Waals surface area contributed by atoms with Gasteiger partial charge in [0.15, 0.2) is 5.70 Å². The zero-order chi connectivity index (χ0) is 17.7. The topological polar surface area (TPSA) is 111 Å². The number of hydrogen-bond acceptors (Lipinski definition) is 5.